The van der Waals surface area contributed by atoms with Crippen LogP contribution in [0.5, 0.6) is 0 Å². The maximum Gasteiger partial charge on any atom is 0.139 e. The molecule has 0 bridgehead atoms. The van der Waals surface area contributed by atoms with Gasteiger partial charge in [0.05, 0.1) is 5.39 Å². The number of nitrogens with one attached hydrogen (secondary N) is 1. The lowest BCUT2D eigenvalue weighted by molar-refractivity contribution is 0.956. The number of halogens is 1. The fraction of sp³-hybridized carbons (Fsp3) is 0.294. The largest absolute Gasteiger partial charge is 0.365 e. The highest BCUT2D eigenvalue weighted by Gasteiger charge is 2.13. The van der Waals surface area contributed by atoms with Gasteiger partial charge in [0.1, 0.15) is 16.5 Å². The van der Waals surface area contributed by atoms with Crippen molar-refractivity contribution in [3.8, 4) is 0 Å². The average Bonchev–Trinajstić information content (AvgIpc) is 2.81. The van der Waals surface area contributed by atoms with Crippen LogP contribution in [0.1, 0.15) is 28.8 Å². The smallest absolute Gasteiger partial charge is 0.139 e. The summed E-state index contributed by atoms with van der Waals surface area (Å²) < 4.78 is 0. The van der Waals surface area contributed by atoms with Crippen LogP contribution in [0.4, 0.5) is 5.82 Å². The molecule has 1 N–H and O–H groups in total. The maximum absolute atomic E-state index is 5.93. The van der Waals surface area contributed by atoms with Crippen molar-refractivity contribution in [2.45, 2.75) is 33.7 Å². The Kier molecular flexibility index (Phi) is 4.32. The number of thiophene rings is 1. The standard InChI is InChI=1S/C17H18ClN3S/c1-4-14-20-16(15-10(2)11(3)22-17(15)21-14)19-9-12-5-7-13(18)8-6-12/h5-8H,4,9H2,1-3H3,(H,19,20,21). The Labute approximate surface area is 139 Å². The summed E-state index contributed by atoms with van der Waals surface area (Å²) >= 11 is 7.67. The quantitative estimate of drug-likeness (QED) is 0.719. The lowest BCUT2D eigenvalue weighted by Crippen LogP contribution is -2.05. The highest BCUT2D eigenvalue weighted by Crippen LogP contribution is 2.33. The van der Waals surface area contributed by atoms with Crippen LogP contribution in [0.15, 0.2) is 24.3 Å². The number of hydrogen-bond acceptors (Lipinski definition) is 4. The average molecular weight is 332 g/mol. The molecule has 3 nitrogen and oxygen atoms in total. The molecule has 0 aliphatic heterocycles. The van der Waals surface area contributed by atoms with Gasteiger partial charge in [-0.05, 0) is 37.1 Å². The van der Waals surface area contributed by atoms with Crippen molar-refractivity contribution in [1.29, 1.82) is 0 Å². The van der Waals surface area contributed by atoms with Crippen molar-refractivity contribution in [1.82, 2.24) is 9.97 Å². The molecule has 2 aromatic heterocycles. The summed E-state index contributed by atoms with van der Waals surface area (Å²) in [6.07, 6.45) is 0.835. The summed E-state index contributed by atoms with van der Waals surface area (Å²) in [6.45, 7) is 7.07. The van der Waals surface area contributed by atoms with Gasteiger partial charge in [-0.25, -0.2) is 9.97 Å². The molecular weight excluding hydrogens is 314 g/mol. The van der Waals surface area contributed by atoms with E-state index in [2.05, 4.69) is 36.1 Å². The molecule has 0 radical (unpaired) electrons. The van der Waals surface area contributed by atoms with E-state index in [9.17, 15) is 0 Å². The van der Waals surface area contributed by atoms with E-state index in [1.165, 1.54) is 16.0 Å². The Balaban J connectivity index is 1.96. The predicted octanol–water partition coefficient (Wildman–Crippen LogP) is 5.14. The van der Waals surface area contributed by atoms with E-state index < -0.39 is 0 Å². The first-order valence-electron chi connectivity index (χ1n) is 7.33. The molecule has 0 spiro atoms. The van der Waals surface area contributed by atoms with Crippen molar-refractivity contribution in [3.63, 3.8) is 0 Å². The van der Waals surface area contributed by atoms with Crippen LogP contribution in [-0.4, -0.2) is 9.97 Å². The Morgan fingerprint density at radius 2 is 1.86 bits per heavy atom. The molecule has 0 fully saturated rings. The van der Waals surface area contributed by atoms with E-state index >= 15 is 0 Å². The third-order valence-corrected chi connectivity index (χ3v) is 5.12. The van der Waals surface area contributed by atoms with Gasteiger partial charge in [-0.2, -0.15) is 0 Å². The number of nitrogens with zero attached hydrogens (tertiary/aromatic N) is 2. The van der Waals surface area contributed by atoms with E-state index in [0.29, 0.717) is 0 Å². The van der Waals surface area contributed by atoms with Crippen molar-refractivity contribution in [2.75, 3.05) is 5.32 Å². The van der Waals surface area contributed by atoms with Gasteiger partial charge in [-0.15, -0.1) is 11.3 Å². The first kappa shape index (κ1) is 15.3. The first-order valence-corrected chi connectivity index (χ1v) is 8.53. The Hall–Kier alpha value is -1.65. The second-order valence-corrected chi connectivity index (χ2v) is 6.93. The first-order chi connectivity index (χ1) is 10.6. The molecule has 2 heterocycles. The number of benzene rings is 1. The number of anilines is 1. The van der Waals surface area contributed by atoms with Gasteiger partial charge in [0, 0.05) is 22.9 Å². The molecule has 0 amide bonds. The molecule has 114 valence electrons. The van der Waals surface area contributed by atoms with Gasteiger partial charge in [0.25, 0.3) is 0 Å². The Bertz CT molecular complexity index is 809. The summed E-state index contributed by atoms with van der Waals surface area (Å²) in [7, 11) is 0. The fourth-order valence-corrected chi connectivity index (χ4v) is 3.54. The van der Waals surface area contributed by atoms with E-state index in [1.54, 1.807) is 11.3 Å². The van der Waals surface area contributed by atoms with Crippen LogP contribution in [0, 0.1) is 13.8 Å². The minimum atomic E-state index is 0.723. The van der Waals surface area contributed by atoms with Gasteiger partial charge in [0.15, 0.2) is 0 Å². The summed E-state index contributed by atoms with van der Waals surface area (Å²) in [5.74, 6) is 1.81. The monoisotopic (exact) mass is 331 g/mol. The molecule has 3 rings (SSSR count). The summed E-state index contributed by atoms with van der Waals surface area (Å²) in [5.41, 5.74) is 2.44. The zero-order valence-corrected chi connectivity index (χ0v) is 14.5. The highest BCUT2D eigenvalue weighted by atomic mass is 35.5. The fourth-order valence-electron chi connectivity index (χ4n) is 2.37. The minimum absolute atomic E-state index is 0.723. The molecule has 3 aromatic rings. The van der Waals surface area contributed by atoms with E-state index in [4.69, 9.17) is 11.6 Å². The molecular formula is C17H18ClN3S. The predicted molar refractivity (Wildman–Crippen MR) is 95.0 cm³/mol. The van der Waals surface area contributed by atoms with Gasteiger partial charge in [-0.3, -0.25) is 0 Å². The zero-order chi connectivity index (χ0) is 15.7. The molecule has 22 heavy (non-hydrogen) atoms. The van der Waals surface area contributed by atoms with Crippen LogP contribution in [-0.2, 0) is 13.0 Å². The second kappa shape index (κ2) is 6.23. The van der Waals surface area contributed by atoms with Gasteiger partial charge in [-0.1, -0.05) is 30.7 Å². The van der Waals surface area contributed by atoms with E-state index in [0.717, 1.165) is 39.8 Å². The SMILES string of the molecule is CCc1nc(NCc2ccc(Cl)cc2)c2c(C)c(C)sc2n1. The van der Waals surface area contributed by atoms with Gasteiger partial charge < -0.3 is 5.32 Å². The van der Waals surface area contributed by atoms with Crippen LogP contribution < -0.4 is 5.32 Å². The Morgan fingerprint density at radius 1 is 1.14 bits per heavy atom. The van der Waals surface area contributed by atoms with Crippen molar-refractivity contribution in [2.24, 2.45) is 0 Å². The summed E-state index contributed by atoms with van der Waals surface area (Å²) in [5, 5.41) is 5.37. The van der Waals surface area contributed by atoms with Crippen molar-refractivity contribution >= 4 is 39.0 Å². The number of hydrogen-bond donors (Lipinski definition) is 1. The molecule has 0 aliphatic rings. The van der Waals surface area contributed by atoms with Crippen molar-refractivity contribution in [3.05, 3.63) is 51.1 Å². The van der Waals surface area contributed by atoms with Crippen LogP contribution >= 0.6 is 22.9 Å². The minimum Gasteiger partial charge on any atom is -0.365 e. The zero-order valence-electron chi connectivity index (χ0n) is 12.9. The lowest BCUT2D eigenvalue weighted by atomic mass is 10.2. The normalized spacial score (nSPS) is 11.1. The third-order valence-electron chi connectivity index (χ3n) is 3.76. The molecule has 0 aliphatic carbocycles. The van der Waals surface area contributed by atoms with Gasteiger partial charge in [0.2, 0.25) is 0 Å². The third kappa shape index (κ3) is 2.94. The molecule has 5 heteroatoms. The summed E-state index contributed by atoms with van der Waals surface area (Å²) in [4.78, 5) is 11.7. The van der Waals surface area contributed by atoms with Crippen molar-refractivity contribution < 1.29 is 0 Å². The number of fused-ring (bicyclic) bond motifs is 1. The maximum atomic E-state index is 5.93. The van der Waals surface area contributed by atoms with Crippen LogP contribution in [0.25, 0.3) is 10.2 Å². The topological polar surface area (TPSA) is 37.8 Å². The number of aromatic nitrogens is 2. The van der Waals surface area contributed by atoms with E-state index in [-0.39, 0.29) is 0 Å². The summed E-state index contributed by atoms with van der Waals surface area (Å²) in [6, 6.07) is 7.87. The lowest BCUT2D eigenvalue weighted by Gasteiger charge is -2.09. The Morgan fingerprint density at radius 3 is 2.55 bits per heavy atom. The molecule has 0 saturated carbocycles. The number of rotatable bonds is 4. The van der Waals surface area contributed by atoms with E-state index in [1.807, 2.05) is 24.3 Å². The second-order valence-electron chi connectivity index (χ2n) is 5.29. The molecule has 0 unspecified atom stereocenters. The van der Waals surface area contributed by atoms with Crippen LogP contribution in [0.2, 0.25) is 5.02 Å². The molecule has 1 aromatic carbocycles. The van der Waals surface area contributed by atoms with Crippen LogP contribution in [0.3, 0.4) is 0 Å². The number of aryl methyl sites for hydroxylation is 3. The van der Waals surface area contributed by atoms with Gasteiger partial charge >= 0.3 is 0 Å². The molecule has 0 atom stereocenters. The highest BCUT2D eigenvalue weighted by molar-refractivity contribution is 7.18. The molecule has 0 saturated heterocycles.